The Morgan fingerprint density at radius 3 is 2.35 bits per heavy atom. The maximum Gasteiger partial charge on any atom is 0.231 e. The van der Waals surface area contributed by atoms with E-state index in [0.717, 1.165) is 12.1 Å². The first-order valence-electron chi connectivity index (χ1n) is 6.20. The van der Waals surface area contributed by atoms with E-state index in [0.29, 0.717) is 12.0 Å². The van der Waals surface area contributed by atoms with Crippen LogP contribution in [0.15, 0.2) is 18.2 Å². The average molecular weight is 322 g/mol. The second-order valence-electron chi connectivity index (χ2n) is 5.48. The number of rotatable bonds is 3. The van der Waals surface area contributed by atoms with E-state index in [1.165, 1.54) is 11.0 Å². The molecule has 2 nitrogen and oxygen atoms in total. The molecule has 1 aliphatic rings. The average Bonchev–Trinajstić information content (AvgIpc) is 2.90. The summed E-state index contributed by atoms with van der Waals surface area (Å²) in [5.41, 5.74) is -0.309. The van der Waals surface area contributed by atoms with Gasteiger partial charge < -0.3 is 4.90 Å². The molecule has 0 aliphatic heterocycles. The number of carbonyl (C=O) groups is 1. The summed E-state index contributed by atoms with van der Waals surface area (Å²) in [7, 11) is 1.60. The third-order valence-corrected chi connectivity index (χ3v) is 5.16. The van der Waals surface area contributed by atoms with Crippen molar-refractivity contribution in [1.82, 2.24) is 4.90 Å². The summed E-state index contributed by atoms with van der Waals surface area (Å²) in [4.78, 5) is 13.9. The highest BCUT2D eigenvalue weighted by Crippen LogP contribution is 2.64. The van der Waals surface area contributed by atoms with Crippen LogP contribution in [0.3, 0.4) is 0 Å². The van der Waals surface area contributed by atoms with E-state index in [1.807, 2.05) is 0 Å². The van der Waals surface area contributed by atoms with Crippen molar-refractivity contribution in [2.45, 2.75) is 30.6 Å². The molecule has 20 heavy (non-hydrogen) atoms. The minimum atomic E-state index is -1.05. The Bertz CT molecular complexity index is 564. The maximum absolute atomic E-state index is 13.3. The number of amides is 1. The fourth-order valence-electron chi connectivity index (χ4n) is 2.19. The van der Waals surface area contributed by atoms with Crippen molar-refractivity contribution < 1.29 is 13.6 Å². The van der Waals surface area contributed by atoms with E-state index >= 15 is 0 Å². The van der Waals surface area contributed by atoms with Crippen LogP contribution in [0.25, 0.3) is 0 Å². The van der Waals surface area contributed by atoms with E-state index < -0.39 is 27.4 Å². The molecule has 1 aromatic rings. The molecule has 1 saturated carbocycles. The van der Waals surface area contributed by atoms with Gasteiger partial charge in [0.25, 0.3) is 0 Å². The molecule has 0 saturated heterocycles. The topological polar surface area (TPSA) is 20.3 Å². The summed E-state index contributed by atoms with van der Waals surface area (Å²) in [6.07, 6.45) is 0.386. The summed E-state index contributed by atoms with van der Waals surface area (Å²) in [6.45, 7) is 3.43. The molecule has 110 valence electrons. The zero-order valence-corrected chi connectivity index (χ0v) is 12.9. The van der Waals surface area contributed by atoms with Gasteiger partial charge in [0.2, 0.25) is 5.91 Å². The lowest BCUT2D eigenvalue weighted by molar-refractivity contribution is -0.137. The van der Waals surface area contributed by atoms with Crippen LogP contribution in [-0.2, 0) is 4.79 Å². The van der Waals surface area contributed by atoms with Gasteiger partial charge in [-0.15, -0.1) is 23.2 Å². The number of carbonyl (C=O) groups excluding carboxylic acids is 1. The van der Waals surface area contributed by atoms with Crippen molar-refractivity contribution in [1.29, 1.82) is 0 Å². The SMILES string of the molecule is CC(c1ccc(F)c(F)c1)N(C)C(=O)C1(C)CC1(Cl)Cl. The van der Waals surface area contributed by atoms with Crippen molar-refractivity contribution in [3.63, 3.8) is 0 Å². The van der Waals surface area contributed by atoms with Gasteiger partial charge in [0, 0.05) is 7.05 Å². The molecular weight excluding hydrogens is 307 g/mol. The zero-order chi connectivity index (χ0) is 15.3. The summed E-state index contributed by atoms with van der Waals surface area (Å²) in [5.74, 6) is -2.05. The summed E-state index contributed by atoms with van der Waals surface area (Å²) < 4.78 is 25.1. The number of nitrogens with zero attached hydrogens (tertiary/aromatic N) is 1. The molecule has 1 aromatic carbocycles. The van der Waals surface area contributed by atoms with Gasteiger partial charge in [-0.2, -0.15) is 0 Å². The summed E-state index contributed by atoms with van der Waals surface area (Å²) in [6, 6.07) is 3.19. The Morgan fingerprint density at radius 1 is 1.35 bits per heavy atom. The number of alkyl halides is 2. The highest BCUT2D eigenvalue weighted by molar-refractivity contribution is 6.53. The van der Waals surface area contributed by atoms with E-state index in [1.54, 1.807) is 20.9 Å². The lowest BCUT2D eigenvalue weighted by Crippen LogP contribution is -2.37. The maximum atomic E-state index is 13.3. The first-order chi connectivity index (χ1) is 9.10. The second kappa shape index (κ2) is 4.85. The molecule has 1 amide bonds. The van der Waals surface area contributed by atoms with Gasteiger partial charge in [0.05, 0.1) is 11.5 Å². The van der Waals surface area contributed by atoms with Crippen molar-refractivity contribution in [2.24, 2.45) is 5.41 Å². The highest BCUT2D eigenvalue weighted by Gasteiger charge is 2.68. The normalized spacial score (nSPS) is 25.1. The quantitative estimate of drug-likeness (QED) is 0.768. The largest absolute Gasteiger partial charge is 0.338 e. The monoisotopic (exact) mass is 321 g/mol. The molecule has 0 bridgehead atoms. The predicted molar refractivity (Wildman–Crippen MR) is 74.7 cm³/mol. The molecule has 2 unspecified atom stereocenters. The minimum Gasteiger partial charge on any atom is -0.338 e. The Labute approximate surface area is 126 Å². The molecule has 2 atom stereocenters. The van der Waals surface area contributed by atoms with E-state index in [-0.39, 0.29) is 5.91 Å². The number of hydrogen-bond acceptors (Lipinski definition) is 1. The first-order valence-corrected chi connectivity index (χ1v) is 6.96. The van der Waals surface area contributed by atoms with E-state index in [9.17, 15) is 13.6 Å². The molecule has 0 N–H and O–H groups in total. The van der Waals surface area contributed by atoms with Crippen molar-refractivity contribution >= 4 is 29.1 Å². The van der Waals surface area contributed by atoms with Crippen molar-refractivity contribution in [3.8, 4) is 0 Å². The van der Waals surface area contributed by atoms with Crippen LogP contribution in [0.4, 0.5) is 8.78 Å². The lowest BCUT2D eigenvalue weighted by Gasteiger charge is -2.28. The Morgan fingerprint density at radius 2 is 1.90 bits per heavy atom. The fraction of sp³-hybridized carbons (Fsp3) is 0.500. The lowest BCUT2D eigenvalue weighted by atomic mass is 10.0. The number of benzene rings is 1. The fourth-order valence-corrected chi connectivity index (χ4v) is 2.89. The molecule has 6 heteroatoms. The molecular formula is C14H15Cl2F2NO. The Kier molecular flexibility index (Phi) is 3.76. The van der Waals surface area contributed by atoms with Crippen LogP contribution >= 0.6 is 23.2 Å². The van der Waals surface area contributed by atoms with Crippen molar-refractivity contribution in [3.05, 3.63) is 35.4 Å². The van der Waals surface area contributed by atoms with E-state index in [4.69, 9.17) is 23.2 Å². The zero-order valence-electron chi connectivity index (χ0n) is 11.4. The minimum absolute atomic E-state index is 0.209. The van der Waals surface area contributed by atoms with Gasteiger partial charge in [-0.3, -0.25) is 4.79 Å². The first kappa shape index (κ1) is 15.5. The van der Waals surface area contributed by atoms with Gasteiger partial charge in [0.15, 0.2) is 11.6 Å². The van der Waals surface area contributed by atoms with Gasteiger partial charge in [0.1, 0.15) is 4.33 Å². The molecule has 0 heterocycles. The Hall–Kier alpha value is -0.870. The van der Waals surface area contributed by atoms with Crippen molar-refractivity contribution in [2.75, 3.05) is 7.05 Å². The van der Waals surface area contributed by atoms with Gasteiger partial charge in [-0.25, -0.2) is 8.78 Å². The highest BCUT2D eigenvalue weighted by atomic mass is 35.5. The van der Waals surface area contributed by atoms with Crippen LogP contribution < -0.4 is 0 Å². The van der Waals surface area contributed by atoms with Crippen LogP contribution in [0.2, 0.25) is 0 Å². The van der Waals surface area contributed by atoms with Gasteiger partial charge in [-0.05, 0) is 38.0 Å². The molecule has 2 rings (SSSR count). The van der Waals surface area contributed by atoms with Crippen LogP contribution in [0.5, 0.6) is 0 Å². The van der Waals surface area contributed by atoms with E-state index in [2.05, 4.69) is 0 Å². The molecule has 0 radical (unpaired) electrons. The molecule has 0 spiro atoms. The van der Waals surface area contributed by atoms with Crippen LogP contribution in [-0.4, -0.2) is 22.2 Å². The smallest absolute Gasteiger partial charge is 0.231 e. The summed E-state index contributed by atoms with van der Waals surface area (Å²) in [5, 5.41) is 0. The molecule has 1 aliphatic carbocycles. The standard InChI is InChI=1S/C14H15Cl2F2NO/c1-8(9-4-5-10(17)11(18)6-9)19(3)12(20)13(2)7-14(13,15)16/h4-6,8H,7H2,1-3H3. The number of hydrogen-bond donors (Lipinski definition) is 0. The summed E-state index contributed by atoms with van der Waals surface area (Å²) >= 11 is 12.0. The van der Waals surface area contributed by atoms with Crippen LogP contribution in [0, 0.1) is 17.0 Å². The number of halogens is 4. The third-order valence-electron chi connectivity index (χ3n) is 4.06. The molecule has 0 aromatic heterocycles. The Balaban J connectivity index is 2.19. The predicted octanol–water partition coefficient (Wildman–Crippen LogP) is 4.07. The molecule has 1 fully saturated rings. The van der Waals surface area contributed by atoms with Gasteiger partial charge in [-0.1, -0.05) is 6.07 Å². The van der Waals surface area contributed by atoms with Crippen LogP contribution in [0.1, 0.15) is 31.9 Å². The second-order valence-corrected chi connectivity index (χ2v) is 6.96. The third kappa shape index (κ3) is 2.40. The van der Waals surface area contributed by atoms with Gasteiger partial charge >= 0.3 is 0 Å².